The molecule has 0 aliphatic carbocycles. The number of hydrogen-bond donors (Lipinski definition) is 2. The minimum absolute atomic E-state index is 0. The molecule has 33 heavy (non-hydrogen) atoms. The second kappa shape index (κ2) is 13.5. The van der Waals surface area contributed by atoms with E-state index in [9.17, 15) is 0 Å². The van der Waals surface area contributed by atoms with Crippen LogP contribution in [-0.2, 0) is 6.42 Å². The highest BCUT2D eigenvalue weighted by Gasteiger charge is 2.24. The number of benzene rings is 2. The summed E-state index contributed by atoms with van der Waals surface area (Å²) in [5.74, 6) is 2.46. The summed E-state index contributed by atoms with van der Waals surface area (Å²) in [6.45, 7) is 2.70. The summed E-state index contributed by atoms with van der Waals surface area (Å²) in [4.78, 5) is 9.08. The predicted molar refractivity (Wildman–Crippen MR) is 148 cm³/mol. The van der Waals surface area contributed by atoms with Gasteiger partial charge in [0.05, 0.1) is 14.2 Å². The number of hydrogen-bond acceptors (Lipinski definition) is 5. The molecule has 2 unspecified atom stereocenters. The van der Waals surface area contributed by atoms with Gasteiger partial charge >= 0.3 is 0 Å². The van der Waals surface area contributed by atoms with Gasteiger partial charge in [-0.25, -0.2) is 0 Å². The maximum absolute atomic E-state index is 5.43. The van der Waals surface area contributed by atoms with Crippen LogP contribution >= 0.6 is 24.0 Å². The van der Waals surface area contributed by atoms with E-state index in [4.69, 9.17) is 9.47 Å². The number of ether oxygens (including phenoxy) is 2. The van der Waals surface area contributed by atoms with Gasteiger partial charge in [0.15, 0.2) is 5.96 Å². The molecule has 1 heterocycles. The van der Waals surface area contributed by atoms with Gasteiger partial charge in [0.1, 0.15) is 11.5 Å². The van der Waals surface area contributed by atoms with Gasteiger partial charge in [-0.3, -0.25) is 4.99 Å². The summed E-state index contributed by atoms with van der Waals surface area (Å²) in [6.07, 6.45) is 2.04. The summed E-state index contributed by atoms with van der Waals surface area (Å²) in [5.41, 5.74) is 2.46. The van der Waals surface area contributed by atoms with Gasteiger partial charge in [0.2, 0.25) is 0 Å². The van der Waals surface area contributed by atoms with Gasteiger partial charge in [-0.15, -0.1) is 24.0 Å². The third kappa shape index (κ3) is 7.96. The van der Waals surface area contributed by atoms with Crippen LogP contribution in [0.4, 0.5) is 5.69 Å². The fourth-order valence-corrected chi connectivity index (χ4v) is 4.01. The lowest BCUT2D eigenvalue weighted by Gasteiger charge is -2.26. The van der Waals surface area contributed by atoms with Crippen LogP contribution in [0, 0.1) is 0 Å². The van der Waals surface area contributed by atoms with E-state index in [-0.39, 0.29) is 24.0 Å². The molecule has 2 aromatic carbocycles. The van der Waals surface area contributed by atoms with Crippen molar-refractivity contribution in [2.24, 2.45) is 4.99 Å². The molecule has 2 N–H and O–H groups in total. The van der Waals surface area contributed by atoms with Crippen LogP contribution in [0.15, 0.2) is 53.5 Å². The molecule has 182 valence electrons. The van der Waals surface area contributed by atoms with Crippen LogP contribution in [0.2, 0.25) is 0 Å². The number of likely N-dealkylation sites (N-methyl/N-ethyl adjacent to an activating group) is 1. The van der Waals surface area contributed by atoms with Gasteiger partial charge in [-0.05, 0) is 32.5 Å². The van der Waals surface area contributed by atoms with Crippen molar-refractivity contribution < 1.29 is 9.47 Å². The normalized spacial score (nSPS) is 16.8. The molecule has 7 nitrogen and oxygen atoms in total. The Bertz CT molecular complexity index is 856. The Morgan fingerprint density at radius 2 is 1.79 bits per heavy atom. The van der Waals surface area contributed by atoms with E-state index >= 15 is 0 Å². The summed E-state index contributed by atoms with van der Waals surface area (Å²) in [5, 5.41) is 7.12. The molecule has 0 spiro atoms. The van der Waals surface area contributed by atoms with Crippen molar-refractivity contribution in [1.82, 2.24) is 15.5 Å². The number of aliphatic imine (C=N–C) groups is 1. The van der Waals surface area contributed by atoms with Crippen LogP contribution in [0.25, 0.3) is 0 Å². The van der Waals surface area contributed by atoms with Crippen molar-refractivity contribution in [3.8, 4) is 11.5 Å². The van der Waals surface area contributed by atoms with E-state index < -0.39 is 0 Å². The molecular weight excluding hydrogens is 529 g/mol. The lowest BCUT2D eigenvalue weighted by Crippen LogP contribution is -2.49. The molecule has 8 heteroatoms. The van der Waals surface area contributed by atoms with Crippen molar-refractivity contribution in [2.45, 2.75) is 24.9 Å². The zero-order valence-corrected chi connectivity index (χ0v) is 22.7. The smallest absolute Gasteiger partial charge is 0.191 e. The number of methoxy groups -OCH3 is 2. The maximum Gasteiger partial charge on any atom is 0.191 e. The number of nitrogens with zero attached hydrogens (tertiary/aromatic N) is 3. The van der Waals surface area contributed by atoms with Crippen molar-refractivity contribution >= 4 is 35.6 Å². The fourth-order valence-electron chi connectivity index (χ4n) is 4.01. The van der Waals surface area contributed by atoms with E-state index in [1.165, 1.54) is 5.56 Å². The zero-order valence-electron chi connectivity index (χ0n) is 20.4. The fraction of sp³-hybridized carbons (Fsp3) is 0.480. The average Bonchev–Trinajstić information content (AvgIpc) is 3.29. The number of rotatable bonds is 9. The van der Waals surface area contributed by atoms with Gasteiger partial charge in [-0.1, -0.05) is 30.3 Å². The molecule has 1 aliphatic rings. The minimum Gasteiger partial charge on any atom is -0.497 e. The molecule has 3 rings (SSSR count). The van der Waals surface area contributed by atoms with E-state index in [2.05, 4.69) is 82.0 Å². The molecular formula is C25H38IN5O2. The Balaban J connectivity index is 0.00000385. The maximum atomic E-state index is 5.43. The monoisotopic (exact) mass is 567 g/mol. The number of halogens is 1. The molecule has 1 fully saturated rings. The number of guanidine groups is 1. The first-order valence-electron chi connectivity index (χ1n) is 11.2. The Kier molecular flexibility index (Phi) is 11.1. The second-order valence-corrected chi connectivity index (χ2v) is 8.41. The standard InChI is InChI=1S/C25H37N5O2.HI/c1-26-25(27-17-22(29(2)3)13-19-9-7-6-8-10-19)28-20-11-12-30(18-20)21-14-23(31-4)16-24(15-21)32-5;/h6-10,14-16,20,22H,11-13,17-18H2,1-5H3,(H2,26,27,28);1H. The third-order valence-electron chi connectivity index (χ3n) is 6.00. The Morgan fingerprint density at radius 3 is 2.36 bits per heavy atom. The first-order valence-corrected chi connectivity index (χ1v) is 11.2. The largest absolute Gasteiger partial charge is 0.497 e. The van der Waals surface area contributed by atoms with E-state index in [1.54, 1.807) is 14.2 Å². The lowest BCUT2D eigenvalue weighted by atomic mass is 10.1. The number of anilines is 1. The van der Waals surface area contributed by atoms with Crippen LogP contribution in [0.1, 0.15) is 12.0 Å². The van der Waals surface area contributed by atoms with Crippen LogP contribution in [0.5, 0.6) is 11.5 Å². The van der Waals surface area contributed by atoms with Crippen molar-refractivity contribution in [1.29, 1.82) is 0 Å². The molecule has 1 saturated heterocycles. The average molecular weight is 568 g/mol. The van der Waals surface area contributed by atoms with Gasteiger partial charge < -0.3 is 29.9 Å². The van der Waals surface area contributed by atoms with E-state index in [0.29, 0.717) is 12.1 Å². The summed E-state index contributed by atoms with van der Waals surface area (Å²) in [6, 6.07) is 17.3. The van der Waals surface area contributed by atoms with Crippen LogP contribution in [-0.4, -0.2) is 77.9 Å². The molecule has 2 aromatic rings. The zero-order chi connectivity index (χ0) is 22.9. The Morgan fingerprint density at radius 1 is 1.12 bits per heavy atom. The Hall–Kier alpha value is -2.20. The quantitative estimate of drug-likeness (QED) is 0.276. The Labute approximate surface area is 215 Å². The van der Waals surface area contributed by atoms with E-state index in [0.717, 1.165) is 55.6 Å². The molecule has 0 radical (unpaired) electrons. The molecule has 0 bridgehead atoms. The molecule has 0 saturated carbocycles. The predicted octanol–water partition coefficient (Wildman–Crippen LogP) is 3.24. The molecule has 2 atom stereocenters. The highest BCUT2D eigenvalue weighted by molar-refractivity contribution is 14.0. The second-order valence-electron chi connectivity index (χ2n) is 8.41. The van der Waals surface area contributed by atoms with Crippen molar-refractivity contribution in [2.75, 3.05) is 59.9 Å². The van der Waals surface area contributed by atoms with Crippen molar-refractivity contribution in [3.63, 3.8) is 0 Å². The van der Waals surface area contributed by atoms with Crippen LogP contribution in [0.3, 0.4) is 0 Å². The van der Waals surface area contributed by atoms with Gasteiger partial charge in [0.25, 0.3) is 0 Å². The summed E-state index contributed by atoms with van der Waals surface area (Å²) in [7, 11) is 9.45. The van der Waals surface area contributed by atoms with Gasteiger partial charge in [0, 0.05) is 62.7 Å². The third-order valence-corrected chi connectivity index (χ3v) is 6.00. The van der Waals surface area contributed by atoms with Crippen LogP contribution < -0.4 is 25.0 Å². The SMILES string of the molecule is CN=C(NCC(Cc1ccccc1)N(C)C)NC1CCN(c2cc(OC)cc(OC)c2)C1.I. The topological polar surface area (TPSA) is 61.4 Å². The highest BCUT2D eigenvalue weighted by Crippen LogP contribution is 2.30. The first kappa shape index (κ1) is 27.0. The number of nitrogens with one attached hydrogen (secondary N) is 2. The van der Waals surface area contributed by atoms with Crippen molar-refractivity contribution in [3.05, 3.63) is 54.1 Å². The minimum atomic E-state index is 0. The molecule has 1 aliphatic heterocycles. The molecule has 0 amide bonds. The summed E-state index contributed by atoms with van der Waals surface area (Å²) >= 11 is 0. The first-order chi connectivity index (χ1) is 15.5. The lowest BCUT2D eigenvalue weighted by molar-refractivity contribution is 0.290. The molecule has 0 aromatic heterocycles. The van der Waals surface area contributed by atoms with Gasteiger partial charge in [-0.2, -0.15) is 0 Å². The highest BCUT2D eigenvalue weighted by atomic mass is 127. The van der Waals surface area contributed by atoms with E-state index in [1.807, 2.05) is 13.1 Å². The summed E-state index contributed by atoms with van der Waals surface area (Å²) < 4.78 is 10.9.